The van der Waals surface area contributed by atoms with Crippen molar-refractivity contribution >= 4 is 11.9 Å². The van der Waals surface area contributed by atoms with Crippen LogP contribution in [0.1, 0.15) is 15.9 Å². The topological polar surface area (TPSA) is 93.8 Å². The number of halogens is 1. The van der Waals surface area contributed by atoms with Crippen LogP contribution in [-0.2, 0) is 6.54 Å². The van der Waals surface area contributed by atoms with E-state index >= 15 is 0 Å². The standard InChI is InChI=1S/C23H24FN5O3/c1-31-20-6-4-17(14-21(20)32-19-5-3-16(15-25)13-18(19)24)22(30)28-9-11-29(12-10-28)23-26-7-2-8-27-23/h2-8,13-14H,9-12,15,25H2,1H3. The minimum absolute atomic E-state index is 0.0292. The van der Waals surface area contributed by atoms with E-state index in [1.54, 1.807) is 47.6 Å². The van der Waals surface area contributed by atoms with E-state index in [-0.39, 0.29) is 24.0 Å². The number of amides is 1. The number of methoxy groups -OCH3 is 1. The minimum Gasteiger partial charge on any atom is -0.493 e. The zero-order valence-electron chi connectivity index (χ0n) is 17.7. The molecule has 1 saturated heterocycles. The van der Waals surface area contributed by atoms with Gasteiger partial charge in [0.25, 0.3) is 5.91 Å². The number of nitrogens with zero attached hydrogens (tertiary/aromatic N) is 4. The predicted octanol–water partition coefficient (Wildman–Crippen LogP) is 2.84. The van der Waals surface area contributed by atoms with Crippen molar-refractivity contribution in [2.24, 2.45) is 5.73 Å². The van der Waals surface area contributed by atoms with Crippen molar-refractivity contribution < 1.29 is 18.7 Å². The van der Waals surface area contributed by atoms with Crippen LogP contribution in [0, 0.1) is 5.82 Å². The maximum absolute atomic E-state index is 14.4. The van der Waals surface area contributed by atoms with Gasteiger partial charge in [-0.15, -0.1) is 0 Å². The number of hydrogen-bond acceptors (Lipinski definition) is 7. The number of carbonyl (C=O) groups is 1. The maximum atomic E-state index is 14.4. The number of rotatable bonds is 6. The minimum atomic E-state index is -0.536. The van der Waals surface area contributed by atoms with Crippen LogP contribution in [0.15, 0.2) is 54.9 Å². The first-order chi connectivity index (χ1) is 15.6. The SMILES string of the molecule is COc1ccc(C(=O)N2CCN(c3ncccn3)CC2)cc1Oc1ccc(CN)cc1F. The van der Waals surface area contributed by atoms with Gasteiger partial charge < -0.3 is 25.0 Å². The molecule has 0 bridgehead atoms. The van der Waals surface area contributed by atoms with Crippen molar-refractivity contribution in [3.05, 3.63) is 71.8 Å². The van der Waals surface area contributed by atoms with E-state index in [9.17, 15) is 9.18 Å². The van der Waals surface area contributed by atoms with Gasteiger partial charge in [0.15, 0.2) is 23.1 Å². The van der Waals surface area contributed by atoms with Gasteiger partial charge in [0.2, 0.25) is 5.95 Å². The lowest BCUT2D eigenvalue weighted by Crippen LogP contribution is -2.49. The fraction of sp³-hybridized carbons (Fsp3) is 0.261. The van der Waals surface area contributed by atoms with E-state index in [0.29, 0.717) is 49.0 Å². The van der Waals surface area contributed by atoms with Gasteiger partial charge in [-0.05, 0) is 42.0 Å². The lowest BCUT2D eigenvalue weighted by Gasteiger charge is -2.34. The van der Waals surface area contributed by atoms with Crippen LogP contribution in [0.5, 0.6) is 17.2 Å². The molecular weight excluding hydrogens is 413 g/mol. The summed E-state index contributed by atoms with van der Waals surface area (Å²) in [6.45, 7) is 2.57. The van der Waals surface area contributed by atoms with Crippen LogP contribution >= 0.6 is 0 Å². The Kier molecular flexibility index (Phi) is 6.46. The van der Waals surface area contributed by atoms with Crippen molar-refractivity contribution in [2.45, 2.75) is 6.54 Å². The highest BCUT2D eigenvalue weighted by Gasteiger charge is 2.24. The average molecular weight is 437 g/mol. The Morgan fingerprint density at radius 1 is 1.03 bits per heavy atom. The van der Waals surface area contributed by atoms with E-state index in [1.807, 2.05) is 4.90 Å². The molecule has 0 aliphatic carbocycles. The van der Waals surface area contributed by atoms with Crippen molar-refractivity contribution in [2.75, 3.05) is 38.2 Å². The molecule has 9 heteroatoms. The number of hydrogen-bond donors (Lipinski definition) is 1. The average Bonchev–Trinajstić information content (AvgIpc) is 2.85. The number of anilines is 1. The number of benzene rings is 2. The second-order valence-electron chi connectivity index (χ2n) is 7.26. The monoisotopic (exact) mass is 437 g/mol. The van der Waals surface area contributed by atoms with Crippen LogP contribution in [-0.4, -0.2) is 54.1 Å². The Morgan fingerprint density at radius 2 is 1.75 bits per heavy atom. The molecule has 1 aromatic heterocycles. The zero-order valence-corrected chi connectivity index (χ0v) is 17.7. The third kappa shape index (κ3) is 4.62. The molecular formula is C23H24FN5O3. The summed E-state index contributed by atoms with van der Waals surface area (Å²) in [5.74, 6) is 0.670. The molecule has 1 aliphatic heterocycles. The van der Waals surface area contributed by atoms with E-state index < -0.39 is 5.82 Å². The van der Waals surface area contributed by atoms with E-state index in [2.05, 4.69) is 9.97 Å². The Hall–Kier alpha value is -3.72. The van der Waals surface area contributed by atoms with Crippen LogP contribution in [0.4, 0.5) is 10.3 Å². The summed E-state index contributed by atoms with van der Waals surface area (Å²) in [5, 5.41) is 0. The number of nitrogens with two attached hydrogens (primary N) is 1. The fourth-order valence-corrected chi connectivity index (χ4v) is 3.51. The van der Waals surface area contributed by atoms with Crippen molar-refractivity contribution in [1.82, 2.24) is 14.9 Å². The Balaban J connectivity index is 1.49. The number of carbonyl (C=O) groups excluding carboxylic acids is 1. The second kappa shape index (κ2) is 9.61. The molecule has 0 radical (unpaired) electrons. The van der Waals surface area contributed by atoms with Gasteiger partial charge in [-0.3, -0.25) is 4.79 Å². The summed E-state index contributed by atoms with van der Waals surface area (Å²) in [7, 11) is 1.49. The summed E-state index contributed by atoms with van der Waals surface area (Å²) in [5.41, 5.74) is 6.65. The highest BCUT2D eigenvalue weighted by atomic mass is 19.1. The molecule has 4 rings (SSSR count). The summed E-state index contributed by atoms with van der Waals surface area (Å²) in [4.78, 5) is 25.4. The molecule has 32 heavy (non-hydrogen) atoms. The first kappa shape index (κ1) is 21.5. The molecule has 1 fully saturated rings. The van der Waals surface area contributed by atoms with Crippen LogP contribution in [0.3, 0.4) is 0 Å². The van der Waals surface area contributed by atoms with Gasteiger partial charge in [-0.25, -0.2) is 14.4 Å². The van der Waals surface area contributed by atoms with Gasteiger partial charge in [-0.1, -0.05) is 6.07 Å². The van der Waals surface area contributed by atoms with E-state index in [4.69, 9.17) is 15.2 Å². The van der Waals surface area contributed by atoms with Crippen LogP contribution in [0.25, 0.3) is 0 Å². The highest BCUT2D eigenvalue weighted by molar-refractivity contribution is 5.95. The Morgan fingerprint density at radius 3 is 2.41 bits per heavy atom. The first-order valence-electron chi connectivity index (χ1n) is 10.2. The molecule has 1 amide bonds. The first-order valence-corrected chi connectivity index (χ1v) is 10.2. The van der Waals surface area contributed by atoms with Crippen molar-refractivity contribution in [3.8, 4) is 17.2 Å². The van der Waals surface area contributed by atoms with Gasteiger partial charge >= 0.3 is 0 Å². The Labute approximate surface area is 185 Å². The van der Waals surface area contributed by atoms with Gasteiger partial charge in [0, 0.05) is 50.7 Å². The molecule has 2 heterocycles. The molecule has 1 aliphatic rings. The Bertz CT molecular complexity index is 1090. The smallest absolute Gasteiger partial charge is 0.254 e. The number of piperazine rings is 1. The third-order valence-electron chi connectivity index (χ3n) is 5.26. The largest absolute Gasteiger partial charge is 0.493 e. The van der Waals surface area contributed by atoms with E-state index in [0.717, 1.165) is 0 Å². The zero-order chi connectivity index (χ0) is 22.5. The maximum Gasteiger partial charge on any atom is 0.254 e. The summed E-state index contributed by atoms with van der Waals surface area (Å²) in [6, 6.07) is 11.2. The van der Waals surface area contributed by atoms with Gasteiger partial charge in [-0.2, -0.15) is 0 Å². The molecule has 0 saturated carbocycles. The fourth-order valence-electron chi connectivity index (χ4n) is 3.51. The molecule has 0 spiro atoms. The summed E-state index contributed by atoms with van der Waals surface area (Å²) in [6.07, 6.45) is 3.40. The number of ether oxygens (including phenoxy) is 2. The third-order valence-corrected chi connectivity index (χ3v) is 5.26. The quantitative estimate of drug-likeness (QED) is 0.634. The van der Waals surface area contributed by atoms with Crippen LogP contribution < -0.4 is 20.1 Å². The van der Waals surface area contributed by atoms with E-state index in [1.165, 1.54) is 19.2 Å². The molecule has 2 aromatic carbocycles. The molecule has 2 N–H and O–H groups in total. The molecule has 0 atom stereocenters. The summed E-state index contributed by atoms with van der Waals surface area (Å²) < 4.78 is 25.5. The normalized spacial score (nSPS) is 13.7. The lowest BCUT2D eigenvalue weighted by molar-refractivity contribution is 0.0746. The molecule has 0 unspecified atom stereocenters. The van der Waals surface area contributed by atoms with Crippen molar-refractivity contribution in [1.29, 1.82) is 0 Å². The van der Waals surface area contributed by atoms with Gasteiger partial charge in [0.1, 0.15) is 0 Å². The molecule has 166 valence electrons. The predicted molar refractivity (Wildman–Crippen MR) is 118 cm³/mol. The second-order valence-corrected chi connectivity index (χ2v) is 7.26. The molecule has 8 nitrogen and oxygen atoms in total. The highest BCUT2D eigenvalue weighted by Crippen LogP contribution is 2.34. The number of aromatic nitrogens is 2. The van der Waals surface area contributed by atoms with Gasteiger partial charge in [0.05, 0.1) is 7.11 Å². The molecule has 3 aromatic rings. The lowest BCUT2D eigenvalue weighted by atomic mass is 10.1. The summed E-state index contributed by atoms with van der Waals surface area (Å²) >= 11 is 0. The van der Waals surface area contributed by atoms with Crippen molar-refractivity contribution in [3.63, 3.8) is 0 Å². The van der Waals surface area contributed by atoms with Crippen LogP contribution in [0.2, 0.25) is 0 Å².